The highest BCUT2D eigenvalue weighted by Gasteiger charge is 2.34. The maximum atomic E-state index is 13.5. The van der Waals surface area contributed by atoms with Crippen LogP contribution in [0.4, 0.5) is 4.79 Å². The molecule has 0 bridgehead atoms. The van der Waals surface area contributed by atoms with E-state index in [1.165, 1.54) is 23.5 Å². The zero-order valence-electron chi connectivity index (χ0n) is 20.9. The van der Waals surface area contributed by atoms with Gasteiger partial charge in [0.1, 0.15) is 23.4 Å². The average molecular weight is 494 g/mol. The Hall–Kier alpha value is -2.42. The van der Waals surface area contributed by atoms with Crippen LogP contribution in [-0.2, 0) is 14.3 Å². The second-order valence-corrected chi connectivity index (χ2v) is 10.8. The van der Waals surface area contributed by atoms with Crippen LogP contribution in [0.5, 0.6) is 5.75 Å². The summed E-state index contributed by atoms with van der Waals surface area (Å²) in [6.45, 7) is 5.27. The number of likely N-dealkylation sites (N-methyl/N-ethyl adjacent to an activating group) is 1. The lowest BCUT2D eigenvalue weighted by Gasteiger charge is -2.33. The number of phenolic OH excluding ortho intramolecular Hbond substituents is 1. The van der Waals surface area contributed by atoms with Gasteiger partial charge in [-0.15, -0.1) is 0 Å². The van der Waals surface area contributed by atoms with Crippen molar-refractivity contribution in [2.75, 3.05) is 19.1 Å². The summed E-state index contributed by atoms with van der Waals surface area (Å²) in [4.78, 5) is 40.7. The minimum atomic E-state index is -0.896. The van der Waals surface area contributed by atoms with Gasteiger partial charge in [-0.25, -0.2) is 4.79 Å². The van der Waals surface area contributed by atoms with Crippen molar-refractivity contribution >= 4 is 29.7 Å². The number of alkyl carbamates (subject to hydrolysis) is 1. The van der Waals surface area contributed by atoms with E-state index in [1.54, 1.807) is 51.7 Å². The Balaban J connectivity index is 2.26. The highest BCUT2D eigenvalue weighted by Crippen LogP contribution is 2.25. The van der Waals surface area contributed by atoms with E-state index in [4.69, 9.17) is 4.74 Å². The van der Waals surface area contributed by atoms with Crippen molar-refractivity contribution in [3.8, 4) is 5.75 Å². The molecule has 0 spiro atoms. The summed E-state index contributed by atoms with van der Waals surface area (Å²) < 4.78 is 5.35. The van der Waals surface area contributed by atoms with Crippen molar-refractivity contribution in [2.45, 2.75) is 83.0 Å². The normalized spacial score (nSPS) is 16.3. The van der Waals surface area contributed by atoms with E-state index in [0.29, 0.717) is 17.7 Å². The van der Waals surface area contributed by atoms with Crippen LogP contribution in [0.3, 0.4) is 0 Å². The summed E-state index contributed by atoms with van der Waals surface area (Å²) in [6.07, 6.45) is 6.80. The number of nitrogens with one attached hydrogen (secondary N) is 2. The highest BCUT2D eigenvalue weighted by molar-refractivity contribution is 7.98. The molecule has 2 unspecified atom stereocenters. The zero-order valence-corrected chi connectivity index (χ0v) is 21.7. The zero-order chi connectivity index (χ0) is 25.3. The first kappa shape index (κ1) is 27.8. The third-order valence-electron chi connectivity index (χ3n) is 5.74. The standard InChI is InChI=1S/C25H39N3O5S/c1-25(2,3)33-24(32)27-20(15-16-34-5)23(31)28(4)21(17-11-13-19(29)14-12-17)22(30)26-18-9-7-6-8-10-18/h11-14,18,20-21,29H,6-10,15-16H2,1-5H3,(H,26,30)(H,27,32). The predicted molar refractivity (Wildman–Crippen MR) is 135 cm³/mol. The number of ether oxygens (including phenoxy) is 1. The number of amides is 3. The molecule has 1 aromatic rings. The minimum Gasteiger partial charge on any atom is -0.508 e. The summed E-state index contributed by atoms with van der Waals surface area (Å²) >= 11 is 1.57. The summed E-state index contributed by atoms with van der Waals surface area (Å²) in [6, 6.07) is 4.63. The lowest BCUT2D eigenvalue weighted by atomic mass is 9.94. The topological polar surface area (TPSA) is 108 Å². The molecule has 2 atom stereocenters. The number of benzene rings is 1. The van der Waals surface area contributed by atoms with Gasteiger partial charge < -0.3 is 25.4 Å². The van der Waals surface area contributed by atoms with Crippen molar-refractivity contribution in [3.63, 3.8) is 0 Å². The van der Waals surface area contributed by atoms with Gasteiger partial charge in [-0.1, -0.05) is 31.4 Å². The molecule has 9 heteroatoms. The molecule has 0 aromatic heterocycles. The van der Waals surface area contributed by atoms with Crippen molar-refractivity contribution in [1.29, 1.82) is 0 Å². The van der Waals surface area contributed by atoms with Gasteiger partial charge in [-0.2, -0.15) is 11.8 Å². The van der Waals surface area contributed by atoms with Crippen LogP contribution >= 0.6 is 11.8 Å². The van der Waals surface area contributed by atoms with Gasteiger partial charge in [0.15, 0.2) is 0 Å². The van der Waals surface area contributed by atoms with Gasteiger partial charge in [0.05, 0.1) is 0 Å². The summed E-state index contributed by atoms with van der Waals surface area (Å²) in [5.74, 6) is 0.0813. The largest absolute Gasteiger partial charge is 0.508 e. The van der Waals surface area contributed by atoms with Crippen LogP contribution < -0.4 is 10.6 Å². The van der Waals surface area contributed by atoms with Gasteiger partial charge in [0.25, 0.3) is 0 Å². The van der Waals surface area contributed by atoms with E-state index >= 15 is 0 Å². The Morgan fingerprint density at radius 2 is 1.76 bits per heavy atom. The average Bonchev–Trinajstić information content (AvgIpc) is 2.77. The summed E-state index contributed by atoms with van der Waals surface area (Å²) in [7, 11) is 1.57. The number of aromatic hydroxyl groups is 1. The van der Waals surface area contributed by atoms with Crippen molar-refractivity contribution < 1.29 is 24.2 Å². The van der Waals surface area contributed by atoms with Crippen molar-refractivity contribution in [3.05, 3.63) is 29.8 Å². The van der Waals surface area contributed by atoms with Crippen LogP contribution in [0, 0.1) is 0 Å². The molecule has 1 saturated carbocycles. The van der Waals surface area contributed by atoms with E-state index in [-0.39, 0.29) is 23.6 Å². The van der Waals surface area contributed by atoms with E-state index in [1.807, 2.05) is 6.26 Å². The van der Waals surface area contributed by atoms with Gasteiger partial charge >= 0.3 is 6.09 Å². The van der Waals surface area contributed by atoms with E-state index in [2.05, 4.69) is 10.6 Å². The fourth-order valence-corrected chi connectivity index (χ4v) is 4.52. The first-order chi connectivity index (χ1) is 16.0. The quantitative estimate of drug-likeness (QED) is 0.480. The SMILES string of the molecule is CSCCC(NC(=O)OC(C)(C)C)C(=O)N(C)C(C(=O)NC1CCCCC1)c1ccc(O)cc1. The van der Waals surface area contributed by atoms with Crippen LogP contribution in [-0.4, -0.2) is 64.7 Å². The number of rotatable bonds is 9. The number of thioether (sulfide) groups is 1. The summed E-state index contributed by atoms with van der Waals surface area (Å²) in [5.41, 5.74) is -0.111. The molecule has 3 amide bonds. The first-order valence-electron chi connectivity index (χ1n) is 11.9. The molecular formula is C25H39N3O5S. The molecule has 1 fully saturated rings. The van der Waals surface area contributed by atoms with E-state index in [0.717, 1.165) is 25.7 Å². The highest BCUT2D eigenvalue weighted by atomic mass is 32.2. The van der Waals surface area contributed by atoms with E-state index in [9.17, 15) is 19.5 Å². The summed E-state index contributed by atoms with van der Waals surface area (Å²) in [5, 5.41) is 15.5. The lowest BCUT2D eigenvalue weighted by molar-refractivity contribution is -0.141. The third kappa shape index (κ3) is 8.74. The Kier molecular flexibility index (Phi) is 10.5. The Labute approximate surface area is 207 Å². The lowest BCUT2D eigenvalue weighted by Crippen LogP contribution is -2.52. The van der Waals surface area contributed by atoms with Crippen LogP contribution in [0.15, 0.2) is 24.3 Å². The first-order valence-corrected chi connectivity index (χ1v) is 13.3. The molecule has 8 nitrogen and oxygen atoms in total. The molecule has 3 N–H and O–H groups in total. The predicted octanol–water partition coefficient (Wildman–Crippen LogP) is 3.99. The maximum absolute atomic E-state index is 13.5. The second kappa shape index (κ2) is 12.9. The molecule has 34 heavy (non-hydrogen) atoms. The second-order valence-electron chi connectivity index (χ2n) is 9.77. The molecule has 0 aliphatic heterocycles. The Morgan fingerprint density at radius 1 is 1.15 bits per heavy atom. The number of carbonyl (C=O) groups excluding carboxylic acids is 3. The van der Waals surface area contributed by atoms with Crippen molar-refractivity contribution in [2.24, 2.45) is 0 Å². The monoisotopic (exact) mass is 493 g/mol. The molecule has 0 saturated heterocycles. The molecule has 1 aliphatic rings. The molecule has 1 aromatic carbocycles. The van der Waals surface area contributed by atoms with Gasteiger partial charge in [-0.3, -0.25) is 9.59 Å². The van der Waals surface area contributed by atoms with E-state index < -0.39 is 23.8 Å². The van der Waals surface area contributed by atoms with Gasteiger partial charge in [0, 0.05) is 13.1 Å². The number of hydrogen-bond donors (Lipinski definition) is 3. The number of hydrogen-bond acceptors (Lipinski definition) is 6. The molecule has 0 radical (unpaired) electrons. The molecule has 190 valence electrons. The number of nitrogens with zero attached hydrogens (tertiary/aromatic N) is 1. The fourth-order valence-electron chi connectivity index (χ4n) is 4.05. The number of carbonyl (C=O) groups is 3. The number of phenols is 1. The van der Waals surface area contributed by atoms with Gasteiger partial charge in [-0.05, 0) is 69.7 Å². The fraction of sp³-hybridized carbons (Fsp3) is 0.640. The van der Waals surface area contributed by atoms with Crippen LogP contribution in [0.2, 0.25) is 0 Å². The molecule has 2 rings (SSSR count). The van der Waals surface area contributed by atoms with Crippen molar-refractivity contribution in [1.82, 2.24) is 15.5 Å². The van der Waals surface area contributed by atoms with Crippen LogP contribution in [0.1, 0.15) is 70.9 Å². The maximum Gasteiger partial charge on any atom is 0.408 e. The molecule has 1 aliphatic carbocycles. The smallest absolute Gasteiger partial charge is 0.408 e. The Morgan fingerprint density at radius 3 is 2.32 bits per heavy atom. The minimum absolute atomic E-state index is 0.0774. The Bertz CT molecular complexity index is 819. The van der Waals surface area contributed by atoms with Gasteiger partial charge in [0.2, 0.25) is 11.8 Å². The third-order valence-corrected chi connectivity index (χ3v) is 6.39. The molecule has 0 heterocycles. The molecular weight excluding hydrogens is 454 g/mol. The van der Waals surface area contributed by atoms with Crippen LogP contribution in [0.25, 0.3) is 0 Å².